The van der Waals surface area contributed by atoms with Crippen LogP contribution in [-0.4, -0.2) is 29.1 Å². The van der Waals surface area contributed by atoms with Gasteiger partial charge in [-0.3, -0.25) is 4.79 Å². The van der Waals surface area contributed by atoms with Gasteiger partial charge in [-0.1, -0.05) is 11.6 Å². The first-order valence-electron chi connectivity index (χ1n) is 5.79. The number of Topliss-reactive ketones (excluding diaryl/α,β-unsaturated/α-hetero) is 1. The Morgan fingerprint density at radius 2 is 2.28 bits per heavy atom. The van der Waals surface area contributed by atoms with E-state index in [4.69, 9.17) is 16.3 Å². The molecule has 96 valence electrons. The summed E-state index contributed by atoms with van der Waals surface area (Å²) in [6.45, 7) is 2.89. The zero-order valence-corrected chi connectivity index (χ0v) is 11.2. The largest absolute Gasteiger partial charge is 0.385 e. The van der Waals surface area contributed by atoms with Crippen molar-refractivity contribution in [3.63, 3.8) is 0 Å². The number of imidazole rings is 1. The molecule has 0 spiro atoms. The van der Waals surface area contributed by atoms with Crippen molar-refractivity contribution in [2.24, 2.45) is 0 Å². The van der Waals surface area contributed by atoms with Crippen molar-refractivity contribution in [3.05, 3.63) is 29.0 Å². The lowest BCUT2D eigenvalue weighted by Gasteiger charge is -2.06. The van der Waals surface area contributed by atoms with E-state index in [2.05, 4.69) is 4.98 Å². The standard InChI is InChI=1S/C13H15ClN2O2/c1-9(17)13-15-11-8-10(14)4-5-12(11)16(13)6-3-7-18-2/h4-5,8H,3,6-7H2,1-2H3. The Kier molecular flexibility index (Phi) is 3.99. The molecule has 18 heavy (non-hydrogen) atoms. The summed E-state index contributed by atoms with van der Waals surface area (Å²) in [6.07, 6.45) is 0.838. The molecule has 0 aliphatic carbocycles. The molecule has 5 heteroatoms. The van der Waals surface area contributed by atoms with E-state index >= 15 is 0 Å². The Labute approximate surface area is 111 Å². The predicted molar refractivity (Wildman–Crippen MR) is 71.2 cm³/mol. The van der Waals surface area contributed by atoms with Crippen molar-refractivity contribution in [3.8, 4) is 0 Å². The lowest BCUT2D eigenvalue weighted by molar-refractivity contribution is 0.0999. The van der Waals surface area contributed by atoms with E-state index in [0.717, 1.165) is 17.5 Å². The molecule has 0 bridgehead atoms. The minimum absolute atomic E-state index is 0.0419. The monoisotopic (exact) mass is 266 g/mol. The minimum atomic E-state index is -0.0419. The predicted octanol–water partition coefficient (Wildman–Crippen LogP) is 2.93. The lowest BCUT2D eigenvalue weighted by Crippen LogP contribution is -2.09. The maximum atomic E-state index is 11.6. The van der Waals surface area contributed by atoms with Crippen molar-refractivity contribution in [2.45, 2.75) is 19.9 Å². The van der Waals surface area contributed by atoms with Gasteiger partial charge in [0, 0.05) is 32.2 Å². The normalized spacial score (nSPS) is 11.1. The highest BCUT2D eigenvalue weighted by molar-refractivity contribution is 6.31. The molecule has 0 atom stereocenters. The number of ketones is 1. The van der Waals surface area contributed by atoms with E-state index in [1.54, 1.807) is 13.2 Å². The van der Waals surface area contributed by atoms with Gasteiger partial charge in [-0.25, -0.2) is 4.98 Å². The van der Waals surface area contributed by atoms with E-state index in [-0.39, 0.29) is 5.78 Å². The smallest absolute Gasteiger partial charge is 0.195 e. The third kappa shape index (κ3) is 2.54. The summed E-state index contributed by atoms with van der Waals surface area (Å²) >= 11 is 5.93. The van der Waals surface area contributed by atoms with E-state index in [1.807, 2.05) is 16.7 Å². The van der Waals surface area contributed by atoms with Crippen LogP contribution >= 0.6 is 11.6 Å². The van der Waals surface area contributed by atoms with Crippen LogP contribution in [0.25, 0.3) is 11.0 Å². The second kappa shape index (κ2) is 5.50. The van der Waals surface area contributed by atoms with Gasteiger partial charge >= 0.3 is 0 Å². The van der Waals surface area contributed by atoms with Gasteiger partial charge < -0.3 is 9.30 Å². The van der Waals surface area contributed by atoms with Crippen LogP contribution in [0.1, 0.15) is 24.0 Å². The summed E-state index contributed by atoms with van der Waals surface area (Å²) in [5.74, 6) is 0.433. The molecule has 0 aliphatic heterocycles. The van der Waals surface area contributed by atoms with Crippen LogP contribution in [0, 0.1) is 0 Å². The van der Waals surface area contributed by atoms with E-state index in [9.17, 15) is 4.79 Å². The number of carbonyl (C=O) groups excluding carboxylic acids is 1. The summed E-state index contributed by atoms with van der Waals surface area (Å²) in [4.78, 5) is 15.9. The van der Waals surface area contributed by atoms with E-state index < -0.39 is 0 Å². The highest BCUT2D eigenvalue weighted by Gasteiger charge is 2.14. The zero-order valence-electron chi connectivity index (χ0n) is 10.4. The van der Waals surface area contributed by atoms with Gasteiger partial charge in [-0.05, 0) is 24.6 Å². The second-order valence-electron chi connectivity index (χ2n) is 4.12. The Hall–Kier alpha value is -1.39. The van der Waals surface area contributed by atoms with Gasteiger partial charge in [0.25, 0.3) is 0 Å². The molecule has 4 nitrogen and oxygen atoms in total. The highest BCUT2D eigenvalue weighted by Crippen LogP contribution is 2.21. The number of rotatable bonds is 5. The fourth-order valence-electron chi connectivity index (χ4n) is 1.97. The number of aryl methyl sites for hydroxylation is 1. The number of nitrogens with zero attached hydrogens (tertiary/aromatic N) is 2. The molecule has 2 rings (SSSR count). The number of hydrogen-bond donors (Lipinski definition) is 0. The van der Waals surface area contributed by atoms with Crippen LogP contribution in [-0.2, 0) is 11.3 Å². The molecular formula is C13H15ClN2O2. The second-order valence-corrected chi connectivity index (χ2v) is 4.56. The molecule has 0 amide bonds. The van der Waals surface area contributed by atoms with Crippen LogP contribution in [0.2, 0.25) is 5.02 Å². The van der Waals surface area contributed by atoms with Crippen LogP contribution in [0.4, 0.5) is 0 Å². The number of carbonyl (C=O) groups is 1. The molecule has 0 saturated carbocycles. The number of halogens is 1. The summed E-state index contributed by atoms with van der Waals surface area (Å²) < 4.78 is 6.96. The van der Waals surface area contributed by atoms with Crippen molar-refractivity contribution in [1.29, 1.82) is 0 Å². The summed E-state index contributed by atoms with van der Waals surface area (Å²) in [6, 6.07) is 5.47. The van der Waals surface area contributed by atoms with Crippen LogP contribution in [0.15, 0.2) is 18.2 Å². The number of aromatic nitrogens is 2. The van der Waals surface area contributed by atoms with Gasteiger partial charge in [0.15, 0.2) is 11.6 Å². The third-order valence-electron chi connectivity index (χ3n) is 2.76. The van der Waals surface area contributed by atoms with Crippen molar-refractivity contribution in [2.75, 3.05) is 13.7 Å². The fraction of sp³-hybridized carbons (Fsp3) is 0.385. The quantitative estimate of drug-likeness (QED) is 0.617. The van der Waals surface area contributed by atoms with Gasteiger partial charge in [0.05, 0.1) is 11.0 Å². The molecule has 1 heterocycles. The first-order valence-corrected chi connectivity index (χ1v) is 6.17. The average Bonchev–Trinajstić information content (AvgIpc) is 2.68. The van der Waals surface area contributed by atoms with E-state index in [0.29, 0.717) is 24.0 Å². The van der Waals surface area contributed by atoms with Gasteiger partial charge in [0.1, 0.15) is 0 Å². The van der Waals surface area contributed by atoms with Crippen molar-refractivity contribution < 1.29 is 9.53 Å². The maximum Gasteiger partial charge on any atom is 0.195 e. The fourth-order valence-corrected chi connectivity index (χ4v) is 2.13. The van der Waals surface area contributed by atoms with Crippen LogP contribution in [0.5, 0.6) is 0 Å². The molecular weight excluding hydrogens is 252 g/mol. The number of methoxy groups -OCH3 is 1. The van der Waals surface area contributed by atoms with Crippen LogP contribution in [0.3, 0.4) is 0 Å². The van der Waals surface area contributed by atoms with Crippen molar-refractivity contribution >= 4 is 28.4 Å². The Morgan fingerprint density at radius 3 is 2.94 bits per heavy atom. The summed E-state index contributed by atoms with van der Waals surface area (Å²) in [7, 11) is 1.66. The van der Waals surface area contributed by atoms with Crippen molar-refractivity contribution in [1.82, 2.24) is 9.55 Å². The molecule has 0 fully saturated rings. The first-order chi connectivity index (χ1) is 8.63. The third-order valence-corrected chi connectivity index (χ3v) is 2.99. The molecule has 1 aromatic heterocycles. The summed E-state index contributed by atoms with van der Waals surface area (Å²) in [5.41, 5.74) is 1.69. The Morgan fingerprint density at radius 1 is 1.50 bits per heavy atom. The van der Waals surface area contributed by atoms with Gasteiger partial charge in [-0.2, -0.15) is 0 Å². The lowest BCUT2D eigenvalue weighted by atomic mass is 10.3. The number of hydrogen-bond acceptors (Lipinski definition) is 3. The SMILES string of the molecule is COCCCn1c(C(C)=O)nc2cc(Cl)ccc21. The topological polar surface area (TPSA) is 44.1 Å². The van der Waals surface area contributed by atoms with Gasteiger partial charge in [0.2, 0.25) is 0 Å². The molecule has 0 saturated heterocycles. The number of benzene rings is 1. The molecule has 1 aromatic carbocycles. The maximum absolute atomic E-state index is 11.6. The number of ether oxygens (including phenoxy) is 1. The molecule has 0 unspecified atom stereocenters. The molecule has 0 radical (unpaired) electrons. The first kappa shape index (κ1) is 13.1. The van der Waals surface area contributed by atoms with Gasteiger partial charge in [-0.15, -0.1) is 0 Å². The minimum Gasteiger partial charge on any atom is -0.385 e. The molecule has 0 aliphatic rings. The zero-order chi connectivity index (χ0) is 13.1. The van der Waals surface area contributed by atoms with E-state index in [1.165, 1.54) is 6.92 Å². The number of fused-ring (bicyclic) bond motifs is 1. The highest BCUT2D eigenvalue weighted by atomic mass is 35.5. The molecule has 2 aromatic rings. The molecule has 0 N–H and O–H groups in total. The Balaban J connectivity index is 2.45. The Bertz CT molecular complexity index is 578. The average molecular weight is 267 g/mol. The van der Waals surface area contributed by atoms with Crippen LogP contribution < -0.4 is 0 Å². The summed E-state index contributed by atoms with van der Waals surface area (Å²) in [5, 5.41) is 0.624.